The Bertz CT molecular complexity index is 690. The summed E-state index contributed by atoms with van der Waals surface area (Å²) in [4.78, 5) is 14.5. The minimum atomic E-state index is -0.484. The van der Waals surface area contributed by atoms with Crippen LogP contribution < -0.4 is 0 Å². The third-order valence-electron chi connectivity index (χ3n) is 3.24. The summed E-state index contributed by atoms with van der Waals surface area (Å²) < 4.78 is 2.06. The zero-order valence-corrected chi connectivity index (χ0v) is 12.6. The zero-order chi connectivity index (χ0) is 14.8. The number of halogens is 1. The number of nitro groups is 1. The maximum Gasteiger partial charge on any atom is 0.275 e. The van der Waals surface area contributed by atoms with Crippen molar-refractivity contribution in [2.45, 2.75) is 42.4 Å². The highest BCUT2D eigenvalue weighted by Crippen LogP contribution is 2.30. The van der Waals surface area contributed by atoms with Crippen molar-refractivity contribution in [1.29, 1.82) is 0 Å². The Hall–Kier alpha value is -1.67. The third-order valence-corrected chi connectivity index (χ3v) is 4.33. The molecule has 0 aromatic carbocycles. The highest BCUT2D eigenvalue weighted by molar-refractivity contribution is 7.99. The molecule has 0 N–H and O–H groups in total. The van der Waals surface area contributed by atoms with Crippen LogP contribution in [0, 0.1) is 10.1 Å². The van der Waals surface area contributed by atoms with E-state index in [2.05, 4.69) is 19.7 Å². The van der Waals surface area contributed by atoms with Crippen LogP contribution in [0.4, 0.5) is 5.69 Å². The lowest BCUT2D eigenvalue weighted by molar-refractivity contribution is -0.385. The van der Waals surface area contributed by atoms with Gasteiger partial charge in [0.25, 0.3) is 5.69 Å². The number of fused-ring (bicyclic) bond motifs is 1. The van der Waals surface area contributed by atoms with Gasteiger partial charge in [-0.1, -0.05) is 18.0 Å². The second kappa shape index (κ2) is 5.98. The number of hydrogen-bond acceptors (Lipinski definition) is 6. The fourth-order valence-corrected chi connectivity index (χ4v) is 3.40. The molecule has 0 bridgehead atoms. The van der Waals surface area contributed by atoms with Gasteiger partial charge in [-0.25, -0.2) is 4.98 Å². The van der Waals surface area contributed by atoms with Crippen molar-refractivity contribution in [1.82, 2.24) is 19.7 Å². The maximum absolute atomic E-state index is 10.9. The molecular formula is C12H12ClN5O2S. The summed E-state index contributed by atoms with van der Waals surface area (Å²) in [5, 5.41) is 20.5. The van der Waals surface area contributed by atoms with Crippen LogP contribution in [0.5, 0.6) is 0 Å². The van der Waals surface area contributed by atoms with Gasteiger partial charge < -0.3 is 4.57 Å². The van der Waals surface area contributed by atoms with Crippen molar-refractivity contribution < 1.29 is 4.92 Å². The number of aromatic nitrogens is 4. The maximum atomic E-state index is 10.9. The lowest BCUT2D eigenvalue weighted by atomic mass is 10.2. The number of aryl methyl sites for hydroxylation is 1. The highest BCUT2D eigenvalue weighted by Gasteiger charge is 2.18. The molecule has 0 saturated carbocycles. The lowest BCUT2D eigenvalue weighted by Crippen LogP contribution is -2.02. The van der Waals surface area contributed by atoms with E-state index in [1.807, 2.05) is 0 Å². The molecule has 0 atom stereocenters. The number of pyridine rings is 1. The second-order valence-corrected chi connectivity index (χ2v) is 6.08. The minimum absolute atomic E-state index is 0.0758. The smallest absolute Gasteiger partial charge is 0.275 e. The van der Waals surface area contributed by atoms with Crippen LogP contribution in [-0.4, -0.2) is 24.7 Å². The normalized spacial score (nSPS) is 14.5. The van der Waals surface area contributed by atoms with Gasteiger partial charge in [0.05, 0.1) is 11.0 Å². The Morgan fingerprint density at radius 1 is 1.29 bits per heavy atom. The fourth-order valence-electron chi connectivity index (χ4n) is 2.25. The summed E-state index contributed by atoms with van der Waals surface area (Å²) in [5.74, 6) is 0.964. The van der Waals surface area contributed by atoms with E-state index in [1.54, 1.807) is 0 Å². The van der Waals surface area contributed by atoms with E-state index in [0.29, 0.717) is 10.2 Å². The third kappa shape index (κ3) is 3.16. The molecule has 0 fully saturated rings. The molecule has 110 valence electrons. The fraction of sp³-hybridized carbons (Fsp3) is 0.417. The van der Waals surface area contributed by atoms with Crippen molar-refractivity contribution in [3.63, 3.8) is 0 Å². The van der Waals surface area contributed by atoms with E-state index >= 15 is 0 Å². The predicted molar refractivity (Wildman–Crippen MR) is 77.6 cm³/mol. The Labute approximate surface area is 129 Å². The van der Waals surface area contributed by atoms with Gasteiger partial charge in [-0.05, 0) is 24.6 Å². The van der Waals surface area contributed by atoms with E-state index in [1.165, 1.54) is 30.3 Å². The van der Waals surface area contributed by atoms with Crippen molar-refractivity contribution in [2.75, 3.05) is 0 Å². The van der Waals surface area contributed by atoms with Gasteiger partial charge >= 0.3 is 0 Å². The first-order valence-electron chi connectivity index (χ1n) is 6.55. The summed E-state index contributed by atoms with van der Waals surface area (Å²) in [5.41, 5.74) is -0.0758. The summed E-state index contributed by atoms with van der Waals surface area (Å²) in [6, 6.07) is 2.63. The van der Waals surface area contributed by atoms with Gasteiger partial charge in [0.15, 0.2) is 5.16 Å². The summed E-state index contributed by atoms with van der Waals surface area (Å²) in [6.45, 7) is 0.868. The van der Waals surface area contributed by atoms with Crippen molar-refractivity contribution >= 4 is 29.1 Å². The van der Waals surface area contributed by atoms with Crippen LogP contribution in [-0.2, 0) is 13.0 Å². The highest BCUT2D eigenvalue weighted by atomic mass is 35.5. The lowest BCUT2D eigenvalue weighted by Gasteiger charge is -2.06. The summed E-state index contributed by atoms with van der Waals surface area (Å²) in [6.07, 6.45) is 4.29. The van der Waals surface area contributed by atoms with Crippen molar-refractivity contribution in [2.24, 2.45) is 0 Å². The topological polar surface area (TPSA) is 86.7 Å². The first-order valence-corrected chi connectivity index (χ1v) is 7.75. The Kier molecular flexibility index (Phi) is 4.07. The molecule has 21 heavy (non-hydrogen) atoms. The SMILES string of the molecule is O=[N+]([O-])c1cc(Cl)nc(Sc2nnc3n2CCCCC3)c1. The molecular weight excluding hydrogens is 314 g/mol. The average Bonchev–Trinajstić information content (AvgIpc) is 2.68. The second-order valence-electron chi connectivity index (χ2n) is 4.71. The van der Waals surface area contributed by atoms with Crippen molar-refractivity contribution in [3.05, 3.63) is 33.2 Å². The molecule has 0 radical (unpaired) electrons. The molecule has 0 aliphatic carbocycles. The Balaban J connectivity index is 1.90. The van der Waals surface area contributed by atoms with Crippen LogP contribution >= 0.6 is 23.4 Å². The molecule has 1 aliphatic rings. The molecule has 2 aromatic rings. The molecule has 1 aliphatic heterocycles. The quantitative estimate of drug-likeness (QED) is 0.489. The molecule has 3 heterocycles. The zero-order valence-electron chi connectivity index (χ0n) is 11.0. The average molecular weight is 326 g/mol. The van der Waals surface area contributed by atoms with E-state index in [-0.39, 0.29) is 10.8 Å². The van der Waals surface area contributed by atoms with E-state index < -0.39 is 4.92 Å². The van der Waals surface area contributed by atoms with Gasteiger partial charge in [-0.2, -0.15) is 0 Å². The molecule has 3 rings (SSSR count). The molecule has 9 heteroatoms. The van der Waals surface area contributed by atoms with Gasteiger partial charge in [0, 0.05) is 19.0 Å². The predicted octanol–water partition coefficient (Wildman–Crippen LogP) is 3.11. The monoisotopic (exact) mass is 325 g/mol. The number of rotatable bonds is 3. The van der Waals surface area contributed by atoms with Gasteiger partial charge in [0.1, 0.15) is 16.0 Å². The molecule has 0 spiro atoms. The van der Waals surface area contributed by atoms with Crippen LogP contribution in [0.15, 0.2) is 22.3 Å². The summed E-state index contributed by atoms with van der Waals surface area (Å²) >= 11 is 7.09. The molecule has 0 unspecified atom stereocenters. The Morgan fingerprint density at radius 2 is 2.14 bits per heavy atom. The standard InChI is InChI=1S/C12H12ClN5O2S/c13-9-6-8(18(19)20)7-11(14-9)21-12-16-15-10-4-2-1-3-5-17(10)12/h6-7H,1-5H2. The van der Waals surface area contributed by atoms with Gasteiger partial charge in [0.2, 0.25) is 0 Å². The van der Waals surface area contributed by atoms with Gasteiger partial charge in [-0.15, -0.1) is 10.2 Å². The van der Waals surface area contributed by atoms with E-state index in [9.17, 15) is 10.1 Å². The number of hydrogen-bond donors (Lipinski definition) is 0. The van der Waals surface area contributed by atoms with Crippen molar-refractivity contribution in [3.8, 4) is 0 Å². The van der Waals surface area contributed by atoms with Crippen LogP contribution in [0.25, 0.3) is 0 Å². The van der Waals surface area contributed by atoms with Crippen LogP contribution in [0.2, 0.25) is 5.15 Å². The Morgan fingerprint density at radius 3 is 2.95 bits per heavy atom. The van der Waals surface area contributed by atoms with Crippen LogP contribution in [0.1, 0.15) is 25.1 Å². The molecule has 7 nitrogen and oxygen atoms in total. The summed E-state index contributed by atoms with van der Waals surface area (Å²) in [7, 11) is 0. The first-order chi connectivity index (χ1) is 10.1. The first kappa shape index (κ1) is 14.3. The van der Waals surface area contributed by atoms with E-state index in [0.717, 1.165) is 31.6 Å². The molecule has 2 aromatic heterocycles. The number of nitrogens with zero attached hydrogens (tertiary/aromatic N) is 5. The largest absolute Gasteiger partial charge is 0.306 e. The van der Waals surface area contributed by atoms with E-state index in [4.69, 9.17) is 11.6 Å². The molecule has 0 amide bonds. The van der Waals surface area contributed by atoms with Crippen LogP contribution in [0.3, 0.4) is 0 Å². The van der Waals surface area contributed by atoms with Gasteiger partial charge in [-0.3, -0.25) is 10.1 Å². The molecule has 0 saturated heterocycles. The minimum Gasteiger partial charge on any atom is -0.306 e.